The molecule has 2 rings (SSSR count). The van der Waals surface area contributed by atoms with E-state index in [0.717, 1.165) is 24.8 Å². The van der Waals surface area contributed by atoms with Crippen LogP contribution in [0.5, 0.6) is 0 Å². The maximum Gasteiger partial charge on any atom is 0.222 e. The molecule has 1 saturated carbocycles. The lowest BCUT2D eigenvalue weighted by Crippen LogP contribution is -2.32. The molecule has 0 radical (unpaired) electrons. The smallest absolute Gasteiger partial charge is 0.222 e. The number of hydrogen-bond acceptors (Lipinski definition) is 3. The molecule has 0 saturated heterocycles. The summed E-state index contributed by atoms with van der Waals surface area (Å²) in [4.78, 5) is 17.9. The van der Waals surface area contributed by atoms with E-state index in [4.69, 9.17) is 5.73 Å². The van der Waals surface area contributed by atoms with E-state index >= 15 is 0 Å². The van der Waals surface area contributed by atoms with Gasteiger partial charge in [-0.3, -0.25) is 9.78 Å². The van der Waals surface area contributed by atoms with Crippen molar-refractivity contribution in [2.24, 2.45) is 11.7 Å². The Labute approximate surface area is 132 Å². The summed E-state index contributed by atoms with van der Waals surface area (Å²) < 4.78 is 0. The number of aromatic nitrogens is 1. The standard InChI is InChI=1S/C14H21N3O.2ClH/c1-17(10-11-4-3-7-16-9-11)14(18)8-12-5-2-6-13(12)15;;/h3-4,7,9,12-13H,2,5-6,8,10,15H2,1H3;2*1H/t12-,13+;;/m0../s1. The van der Waals surface area contributed by atoms with Crippen LogP contribution < -0.4 is 5.73 Å². The predicted octanol–water partition coefficient (Wildman–Crippen LogP) is 2.40. The molecule has 0 bridgehead atoms. The van der Waals surface area contributed by atoms with E-state index in [-0.39, 0.29) is 36.8 Å². The lowest BCUT2D eigenvalue weighted by Gasteiger charge is -2.21. The lowest BCUT2D eigenvalue weighted by molar-refractivity contribution is -0.131. The van der Waals surface area contributed by atoms with E-state index < -0.39 is 0 Å². The average molecular weight is 320 g/mol. The normalized spacial score (nSPS) is 20.7. The Kier molecular flexibility index (Phi) is 8.78. The quantitative estimate of drug-likeness (QED) is 0.927. The number of nitrogens with two attached hydrogens (primary N) is 1. The van der Waals surface area contributed by atoms with Crippen LogP contribution in [0.4, 0.5) is 0 Å². The molecular weight excluding hydrogens is 297 g/mol. The highest BCUT2D eigenvalue weighted by Gasteiger charge is 2.27. The summed E-state index contributed by atoms with van der Waals surface area (Å²) in [5.41, 5.74) is 7.06. The van der Waals surface area contributed by atoms with E-state index in [1.54, 1.807) is 17.3 Å². The molecule has 0 unspecified atom stereocenters. The molecule has 114 valence electrons. The monoisotopic (exact) mass is 319 g/mol. The third-order valence-electron chi connectivity index (χ3n) is 3.72. The number of nitrogens with zero attached hydrogens (tertiary/aromatic N) is 2. The van der Waals surface area contributed by atoms with Gasteiger partial charge in [0.2, 0.25) is 5.91 Å². The van der Waals surface area contributed by atoms with Gasteiger partial charge in [-0.25, -0.2) is 0 Å². The van der Waals surface area contributed by atoms with Crippen molar-refractivity contribution in [1.29, 1.82) is 0 Å². The van der Waals surface area contributed by atoms with Crippen molar-refractivity contribution in [2.75, 3.05) is 7.05 Å². The highest BCUT2D eigenvalue weighted by molar-refractivity contribution is 5.85. The van der Waals surface area contributed by atoms with Gasteiger partial charge in [-0.05, 0) is 30.4 Å². The summed E-state index contributed by atoms with van der Waals surface area (Å²) in [6.45, 7) is 0.620. The summed E-state index contributed by atoms with van der Waals surface area (Å²) in [6.07, 6.45) is 7.43. The maximum absolute atomic E-state index is 12.1. The van der Waals surface area contributed by atoms with Crippen molar-refractivity contribution in [3.8, 4) is 0 Å². The molecule has 0 aromatic carbocycles. The van der Waals surface area contributed by atoms with Crippen molar-refractivity contribution in [3.63, 3.8) is 0 Å². The minimum absolute atomic E-state index is 0. The van der Waals surface area contributed by atoms with Gasteiger partial charge in [0.1, 0.15) is 0 Å². The molecule has 1 fully saturated rings. The third kappa shape index (κ3) is 5.27. The van der Waals surface area contributed by atoms with Gasteiger partial charge in [-0.1, -0.05) is 12.5 Å². The fourth-order valence-corrected chi connectivity index (χ4v) is 2.55. The van der Waals surface area contributed by atoms with E-state index in [2.05, 4.69) is 4.98 Å². The second kappa shape index (κ2) is 9.16. The van der Waals surface area contributed by atoms with E-state index in [1.807, 2.05) is 19.2 Å². The zero-order valence-electron chi connectivity index (χ0n) is 11.7. The minimum atomic E-state index is 0. The lowest BCUT2D eigenvalue weighted by atomic mass is 9.99. The highest BCUT2D eigenvalue weighted by Crippen LogP contribution is 2.27. The van der Waals surface area contributed by atoms with Gasteiger partial charge in [0, 0.05) is 38.4 Å². The number of hydrogen-bond donors (Lipinski definition) is 1. The first-order valence-electron chi connectivity index (χ1n) is 6.55. The molecule has 6 heteroatoms. The van der Waals surface area contributed by atoms with Crippen LogP contribution in [0.3, 0.4) is 0 Å². The molecule has 20 heavy (non-hydrogen) atoms. The van der Waals surface area contributed by atoms with Gasteiger partial charge in [0.25, 0.3) is 0 Å². The zero-order valence-corrected chi connectivity index (χ0v) is 13.3. The molecule has 1 aliphatic rings. The molecule has 1 heterocycles. The van der Waals surface area contributed by atoms with Gasteiger partial charge in [-0.15, -0.1) is 24.8 Å². The summed E-state index contributed by atoms with van der Waals surface area (Å²) in [6, 6.07) is 4.08. The molecule has 2 atom stereocenters. The number of halogens is 2. The second-order valence-corrected chi connectivity index (χ2v) is 5.17. The fraction of sp³-hybridized carbons (Fsp3) is 0.571. The molecule has 0 aliphatic heterocycles. The Balaban J connectivity index is 0.00000180. The summed E-state index contributed by atoms with van der Waals surface area (Å²) >= 11 is 0. The van der Waals surface area contributed by atoms with E-state index in [0.29, 0.717) is 18.9 Å². The van der Waals surface area contributed by atoms with Crippen molar-refractivity contribution in [2.45, 2.75) is 38.3 Å². The molecule has 4 nitrogen and oxygen atoms in total. The number of rotatable bonds is 4. The number of carbonyl (C=O) groups excluding carboxylic acids is 1. The summed E-state index contributed by atoms with van der Waals surface area (Å²) in [5.74, 6) is 0.551. The SMILES string of the molecule is CN(Cc1cccnc1)C(=O)C[C@@H]1CCC[C@H]1N.Cl.Cl. The summed E-state index contributed by atoms with van der Waals surface area (Å²) in [7, 11) is 1.84. The third-order valence-corrected chi connectivity index (χ3v) is 3.72. The molecule has 0 spiro atoms. The van der Waals surface area contributed by atoms with Crippen LogP contribution in [0.2, 0.25) is 0 Å². The molecule has 2 N–H and O–H groups in total. The van der Waals surface area contributed by atoms with Crippen LogP contribution in [0.15, 0.2) is 24.5 Å². The predicted molar refractivity (Wildman–Crippen MR) is 85.1 cm³/mol. The molecule has 1 aromatic rings. The average Bonchev–Trinajstić information content (AvgIpc) is 2.76. The molecule has 1 aliphatic carbocycles. The highest BCUT2D eigenvalue weighted by atomic mass is 35.5. The van der Waals surface area contributed by atoms with E-state index in [9.17, 15) is 4.79 Å². The van der Waals surface area contributed by atoms with Gasteiger partial charge in [-0.2, -0.15) is 0 Å². The first kappa shape index (κ1) is 19.2. The minimum Gasteiger partial charge on any atom is -0.341 e. The Bertz CT molecular complexity index is 403. The fourth-order valence-electron chi connectivity index (χ4n) is 2.55. The first-order chi connectivity index (χ1) is 8.66. The van der Waals surface area contributed by atoms with E-state index in [1.165, 1.54) is 0 Å². The van der Waals surface area contributed by atoms with Gasteiger partial charge >= 0.3 is 0 Å². The zero-order chi connectivity index (χ0) is 13.0. The van der Waals surface area contributed by atoms with Crippen molar-refractivity contribution in [3.05, 3.63) is 30.1 Å². The second-order valence-electron chi connectivity index (χ2n) is 5.17. The van der Waals surface area contributed by atoms with Crippen molar-refractivity contribution >= 4 is 30.7 Å². The number of amides is 1. The van der Waals surface area contributed by atoms with Crippen LogP contribution in [0.25, 0.3) is 0 Å². The van der Waals surface area contributed by atoms with Crippen LogP contribution >= 0.6 is 24.8 Å². The Hall–Kier alpha value is -0.840. The first-order valence-corrected chi connectivity index (χ1v) is 6.55. The van der Waals surface area contributed by atoms with Gasteiger partial charge in [0.05, 0.1) is 0 Å². The van der Waals surface area contributed by atoms with Crippen LogP contribution in [0, 0.1) is 5.92 Å². The van der Waals surface area contributed by atoms with Gasteiger partial charge < -0.3 is 10.6 Å². The molecule has 1 aromatic heterocycles. The van der Waals surface area contributed by atoms with Crippen molar-refractivity contribution < 1.29 is 4.79 Å². The number of pyridine rings is 1. The largest absolute Gasteiger partial charge is 0.341 e. The van der Waals surface area contributed by atoms with Crippen molar-refractivity contribution in [1.82, 2.24) is 9.88 Å². The topological polar surface area (TPSA) is 59.2 Å². The van der Waals surface area contributed by atoms with Crippen LogP contribution in [0.1, 0.15) is 31.2 Å². The van der Waals surface area contributed by atoms with Crippen LogP contribution in [-0.4, -0.2) is 28.9 Å². The number of carbonyl (C=O) groups is 1. The Morgan fingerprint density at radius 3 is 2.75 bits per heavy atom. The Morgan fingerprint density at radius 1 is 1.45 bits per heavy atom. The Morgan fingerprint density at radius 2 is 2.20 bits per heavy atom. The van der Waals surface area contributed by atoms with Crippen LogP contribution in [-0.2, 0) is 11.3 Å². The molecule has 1 amide bonds. The summed E-state index contributed by atoms with van der Waals surface area (Å²) in [5, 5.41) is 0. The maximum atomic E-state index is 12.1. The molecular formula is C14H23Cl2N3O. The van der Waals surface area contributed by atoms with Gasteiger partial charge in [0.15, 0.2) is 0 Å².